The average molecular weight is 248 g/mol. The zero-order chi connectivity index (χ0) is 13.2. The fourth-order valence-electron chi connectivity index (χ4n) is 2.28. The molecule has 0 fully saturated rings. The molecule has 18 heavy (non-hydrogen) atoms. The highest BCUT2D eigenvalue weighted by Gasteiger charge is 2.08. The number of unbranched alkanes of at least 4 members (excludes halogenated alkanes) is 4. The van der Waals surface area contributed by atoms with Crippen LogP contribution in [0.4, 0.5) is 0 Å². The van der Waals surface area contributed by atoms with Gasteiger partial charge in [-0.25, -0.2) is 0 Å². The van der Waals surface area contributed by atoms with E-state index in [1.807, 2.05) is 0 Å². The number of rotatable bonds is 9. The van der Waals surface area contributed by atoms with Crippen LogP contribution in [-0.4, -0.2) is 0 Å². The summed E-state index contributed by atoms with van der Waals surface area (Å²) in [5.74, 6) is 5.67. The monoisotopic (exact) mass is 248 g/mol. The van der Waals surface area contributed by atoms with Crippen LogP contribution in [0.15, 0.2) is 24.3 Å². The lowest BCUT2D eigenvalue weighted by Gasteiger charge is -2.16. The first kappa shape index (κ1) is 15.2. The molecule has 1 rings (SSSR count). The standard InChI is InChI=1S/C16H28N2/c1-3-5-6-7-8-9-16(18-17)15-12-10-14(4-2)11-13-15/h10-13,16,18H,3-9,17H2,1-2H3. The molecule has 2 heteroatoms. The fourth-order valence-corrected chi connectivity index (χ4v) is 2.28. The van der Waals surface area contributed by atoms with Gasteiger partial charge in [-0.05, 0) is 24.0 Å². The van der Waals surface area contributed by atoms with E-state index >= 15 is 0 Å². The van der Waals surface area contributed by atoms with E-state index in [4.69, 9.17) is 5.84 Å². The Morgan fingerprint density at radius 2 is 1.67 bits per heavy atom. The third-order valence-electron chi connectivity index (χ3n) is 3.59. The normalized spacial score (nSPS) is 12.6. The van der Waals surface area contributed by atoms with Gasteiger partial charge in [-0.1, -0.05) is 70.2 Å². The number of aryl methyl sites for hydroxylation is 1. The van der Waals surface area contributed by atoms with Crippen molar-refractivity contribution in [3.63, 3.8) is 0 Å². The van der Waals surface area contributed by atoms with Gasteiger partial charge >= 0.3 is 0 Å². The van der Waals surface area contributed by atoms with Crippen molar-refractivity contribution in [2.75, 3.05) is 0 Å². The Labute approximate surface area is 112 Å². The van der Waals surface area contributed by atoms with Gasteiger partial charge < -0.3 is 0 Å². The van der Waals surface area contributed by atoms with Crippen molar-refractivity contribution in [2.45, 2.75) is 64.8 Å². The maximum atomic E-state index is 5.67. The number of benzene rings is 1. The Morgan fingerprint density at radius 3 is 2.22 bits per heavy atom. The quantitative estimate of drug-likeness (QED) is 0.392. The Bertz CT molecular complexity index is 305. The highest BCUT2D eigenvalue weighted by molar-refractivity contribution is 5.24. The zero-order valence-corrected chi connectivity index (χ0v) is 11.9. The summed E-state index contributed by atoms with van der Waals surface area (Å²) in [5.41, 5.74) is 5.64. The molecule has 0 aliphatic carbocycles. The van der Waals surface area contributed by atoms with E-state index in [9.17, 15) is 0 Å². The predicted octanol–water partition coefficient (Wildman–Crippen LogP) is 4.11. The maximum absolute atomic E-state index is 5.67. The van der Waals surface area contributed by atoms with Crippen LogP contribution in [0, 0.1) is 0 Å². The van der Waals surface area contributed by atoms with Crippen molar-refractivity contribution in [1.29, 1.82) is 0 Å². The van der Waals surface area contributed by atoms with Crippen molar-refractivity contribution in [2.24, 2.45) is 5.84 Å². The van der Waals surface area contributed by atoms with E-state index in [2.05, 4.69) is 43.5 Å². The van der Waals surface area contributed by atoms with Crippen LogP contribution in [0.1, 0.15) is 69.5 Å². The van der Waals surface area contributed by atoms with Gasteiger partial charge in [0.15, 0.2) is 0 Å². The molecule has 3 N–H and O–H groups in total. The molecule has 0 aliphatic heterocycles. The third kappa shape index (κ3) is 5.19. The number of hydrazine groups is 1. The summed E-state index contributed by atoms with van der Waals surface area (Å²) in [6.07, 6.45) is 8.80. The van der Waals surface area contributed by atoms with Gasteiger partial charge in [0.2, 0.25) is 0 Å². The Kier molecular flexibility index (Phi) is 7.70. The van der Waals surface area contributed by atoms with Crippen LogP contribution in [-0.2, 0) is 6.42 Å². The average Bonchev–Trinajstić information content (AvgIpc) is 2.43. The van der Waals surface area contributed by atoms with E-state index in [1.165, 1.54) is 43.2 Å². The molecule has 1 aromatic carbocycles. The lowest BCUT2D eigenvalue weighted by atomic mass is 9.99. The van der Waals surface area contributed by atoms with Gasteiger partial charge in [0.25, 0.3) is 0 Å². The number of nitrogens with one attached hydrogen (secondary N) is 1. The summed E-state index contributed by atoms with van der Waals surface area (Å²) >= 11 is 0. The van der Waals surface area contributed by atoms with Crippen LogP contribution in [0.3, 0.4) is 0 Å². The summed E-state index contributed by atoms with van der Waals surface area (Å²) in [6.45, 7) is 4.43. The minimum absolute atomic E-state index is 0.303. The summed E-state index contributed by atoms with van der Waals surface area (Å²) in [5, 5.41) is 0. The Hall–Kier alpha value is -0.860. The summed E-state index contributed by atoms with van der Waals surface area (Å²) < 4.78 is 0. The molecule has 0 bridgehead atoms. The zero-order valence-electron chi connectivity index (χ0n) is 11.9. The minimum atomic E-state index is 0.303. The van der Waals surface area contributed by atoms with E-state index < -0.39 is 0 Å². The molecular weight excluding hydrogens is 220 g/mol. The van der Waals surface area contributed by atoms with E-state index in [0.29, 0.717) is 6.04 Å². The largest absolute Gasteiger partial charge is 0.271 e. The predicted molar refractivity (Wildman–Crippen MR) is 79.3 cm³/mol. The lowest BCUT2D eigenvalue weighted by Crippen LogP contribution is -2.27. The number of nitrogens with two attached hydrogens (primary N) is 1. The van der Waals surface area contributed by atoms with Gasteiger partial charge in [-0.3, -0.25) is 11.3 Å². The van der Waals surface area contributed by atoms with Crippen molar-refractivity contribution in [1.82, 2.24) is 5.43 Å². The summed E-state index contributed by atoms with van der Waals surface area (Å²) in [7, 11) is 0. The molecule has 0 radical (unpaired) electrons. The van der Waals surface area contributed by atoms with Crippen molar-refractivity contribution >= 4 is 0 Å². The third-order valence-corrected chi connectivity index (χ3v) is 3.59. The molecule has 0 aliphatic rings. The van der Waals surface area contributed by atoms with Gasteiger partial charge in [-0.2, -0.15) is 0 Å². The van der Waals surface area contributed by atoms with Crippen LogP contribution >= 0.6 is 0 Å². The molecule has 1 atom stereocenters. The van der Waals surface area contributed by atoms with Crippen LogP contribution in [0.5, 0.6) is 0 Å². The van der Waals surface area contributed by atoms with Crippen LogP contribution in [0.25, 0.3) is 0 Å². The first-order valence-corrected chi connectivity index (χ1v) is 7.36. The van der Waals surface area contributed by atoms with E-state index in [1.54, 1.807) is 0 Å². The number of hydrogen-bond donors (Lipinski definition) is 2. The topological polar surface area (TPSA) is 38.0 Å². The highest BCUT2D eigenvalue weighted by atomic mass is 15.2. The molecule has 102 valence electrons. The molecule has 0 amide bonds. The molecule has 0 saturated heterocycles. The first-order chi connectivity index (χ1) is 8.81. The second-order valence-corrected chi connectivity index (χ2v) is 5.02. The lowest BCUT2D eigenvalue weighted by molar-refractivity contribution is 0.479. The molecule has 0 spiro atoms. The van der Waals surface area contributed by atoms with E-state index in [0.717, 1.165) is 12.8 Å². The smallest absolute Gasteiger partial charge is 0.0460 e. The molecule has 0 heterocycles. The van der Waals surface area contributed by atoms with Gasteiger partial charge in [0.1, 0.15) is 0 Å². The molecular formula is C16H28N2. The maximum Gasteiger partial charge on any atom is 0.0460 e. The number of hydrogen-bond acceptors (Lipinski definition) is 2. The SMILES string of the molecule is CCCCCCCC(NN)c1ccc(CC)cc1. The van der Waals surface area contributed by atoms with E-state index in [-0.39, 0.29) is 0 Å². The van der Waals surface area contributed by atoms with Gasteiger partial charge in [0.05, 0.1) is 0 Å². The summed E-state index contributed by atoms with van der Waals surface area (Å²) in [6, 6.07) is 9.12. The first-order valence-electron chi connectivity index (χ1n) is 7.36. The summed E-state index contributed by atoms with van der Waals surface area (Å²) in [4.78, 5) is 0. The van der Waals surface area contributed by atoms with Crippen molar-refractivity contribution < 1.29 is 0 Å². The second kappa shape index (κ2) is 9.12. The molecule has 1 unspecified atom stereocenters. The van der Waals surface area contributed by atoms with Crippen molar-refractivity contribution in [3.05, 3.63) is 35.4 Å². The fraction of sp³-hybridized carbons (Fsp3) is 0.625. The highest BCUT2D eigenvalue weighted by Crippen LogP contribution is 2.20. The van der Waals surface area contributed by atoms with Gasteiger partial charge in [0, 0.05) is 6.04 Å². The minimum Gasteiger partial charge on any atom is -0.271 e. The van der Waals surface area contributed by atoms with Crippen LogP contribution < -0.4 is 11.3 Å². The second-order valence-electron chi connectivity index (χ2n) is 5.02. The molecule has 2 nitrogen and oxygen atoms in total. The van der Waals surface area contributed by atoms with Crippen LogP contribution in [0.2, 0.25) is 0 Å². The Balaban J connectivity index is 2.39. The van der Waals surface area contributed by atoms with Crippen molar-refractivity contribution in [3.8, 4) is 0 Å². The molecule has 1 aromatic rings. The molecule has 0 aromatic heterocycles. The Morgan fingerprint density at radius 1 is 1.00 bits per heavy atom. The van der Waals surface area contributed by atoms with Gasteiger partial charge in [-0.15, -0.1) is 0 Å². The molecule has 0 saturated carbocycles.